The fourth-order valence-electron chi connectivity index (χ4n) is 1.85. The summed E-state index contributed by atoms with van der Waals surface area (Å²) in [5.41, 5.74) is 1.36. The molecule has 0 N–H and O–H groups in total. The van der Waals surface area contributed by atoms with Crippen LogP contribution in [0.15, 0.2) is 18.5 Å². The summed E-state index contributed by atoms with van der Waals surface area (Å²) in [7, 11) is 0. The molecule has 0 radical (unpaired) electrons. The highest BCUT2D eigenvalue weighted by atomic mass is 15.1. The molecule has 2 heteroatoms. The molecule has 12 heavy (non-hydrogen) atoms. The van der Waals surface area contributed by atoms with Gasteiger partial charge in [0.15, 0.2) is 0 Å². The van der Waals surface area contributed by atoms with E-state index in [2.05, 4.69) is 30.1 Å². The second-order valence-corrected chi connectivity index (χ2v) is 3.93. The van der Waals surface area contributed by atoms with Crippen molar-refractivity contribution in [1.29, 1.82) is 0 Å². The zero-order valence-electron chi connectivity index (χ0n) is 7.57. The summed E-state index contributed by atoms with van der Waals surface area (Å²) in [4.78, 5) is 0. The second-order valence-electron chi connectivity index (χ2n) is 3.93. The summed E-state index contributed by atoms with van der Waals surface area (Å²) in [6, 6.07) is 2.08. The molecule has 1 saturated carbocycles. The Balaban J connectivity index is 2.06. The van der Waals surface area contributed by atoms with Crippen molar-refractivity contribution < 1.29 is 0 Å². The van der Waals surface area contributed by atoms with E-state index in [0.717, 1.165) is 17.8 Å². The van der Waals surface area contributed by atoms with E-state index in [0.29, 0.717) is 0 Å². The van der Waals surface area contributed by atoms with E-state index in [1.54, 1.807) is 6.20 Å². The van der Waals surface area contributed by atoms with E-state index in [-0.39, 0.29) is 0 Å². The zero-order chi connectivity index (χ0) is 8.55. The minimum Gasteiger partial charge on any atom is -0.159 e. The van der Waals surface area contributed by atoms with Crippen LogP contribution in [-0.4, -0.2) is 10.2 Å². The molecule has 1 aliphatic rings. The van der Waals surface area contributed by atoms with Crippen LogP contribution in [0.25, 0.3) is 0 Å². The number of nitrogens with zero attached hydrogens (tertiary/aromatic N) is 2. The average molecular weight is 162 g/mol. The predicted octanol–water partition coefficient (Wildman–Crippen LogP) is 2.24. The average Bonchev–Trinajstić information content (AvgIpc) is 2.84. The maximum atomic E-state index is 3.89. The number of hydrogen-bond donors (Lipinski definition) is 0. The van der Waals surface area contributed by atoms with Gasteiger partial charge in [-0.2, -0.15) is 10.2 Å². The largest absolute Gasteiger partial charge is 0.159 e. The predicted molar refractivity (Wildman–Crippen MR) is 47.7 cm³/mol. The maximum absolute atomic E-state index is 3.89. The van der Waals surface area contributed by atoms with Crippen molar-refractivity contribution in [3.05, 3.63) is 24.0 Å². The van der Waals surface area contributed by atoms with Gasteiger partial charge in [-0.05, 0) is 35.8 Å². The van der Waals surface area contributed by atoms with Crippen molar-refractivity contribution in [2.75, 3.05) is 0 Å². The van der Waals surface area contributed by atoms with Gasteiger partial charge >= 0.3 is 0 Å². The van der Waals surface area contributed by atoms with Crippen LogP contribution in [0.2, 0.25) is 0 Å². The number of aromatic nitrogens is 2. The first-order valence-corrected chi connectivity index (χ1v) is 4.55. The Morgan fingerprint density at radius 1 is 1.42 bits per heavy atom. The van der Waals surface area contributed by atoms with Crippen LogP contribution in [0.5, 0.6) is 0 Å². The maximum Gasteiger partial charge on any atom is 0.0531 e. The Bertz CT molecular complexity index is 256. The van der Waals surface area contributed by atoms with Gasteiger partial charge in [0.25, 0.3) is 0 Å². The van der Waals surface area contributed by atoms with Gasteiger partial charge in [-0.3, -0.25) is 0 Å². The molecule has 0 saturated heterocycles. The van der Waals surface area contributed by atoms with Crippen molar-refractivity contribution in [2.24, 2.45) is 11.8 Å². The molecular weight excluding hydrogens is 148 g/mol. The summed E-state index contributed by atoms with van der Waals surface area (Å²) in [5.74, 6) is 2.46. The lowest BCUT2D eigenvalue weighted by Gasteiger charge is -2.01. The third kappa shape index (κ3) is 1.33. The van der Waals surface area contributed by atoms with Crippen LogP contribution in [0.3, 0.4) is 0 Å². The Hall–Kier alpha value is -0.920. The van der Waals surface area contributed by atoms with Gasteiger partial charge in [0.1, 0.15) is 0 Å². The molecule has 2 nitrogen and oxygen atoms in total. The number of hydrogen-bond acceptors (Lipinski definition) is 2. The molecular formula is C10H14N2. The van der Waals surface area contributed by atoms with Gasteiger partial charge in [0, 0.05) is 6.20 Å². The Kier molecular flexibility index (Phi) is 1.83. The molecule has 1 aliphatic carbocycles. The Morgan fingerprint density at radius 3 is 2.75 bits per heavy atom. The van der Waals surface area contributed by atoms with E-state index in [4.69, 9.17) is 0 Å². The molecule has 0 amide bonds. The summed E-state index contributed by atoms with van der Waals surface area (Å²) in [6.07, 6.45) is 5.02. The molecule has 0 aliphatic heterocycles. The first kappa shape index (κ1) is 7.71. The molecule has 1 aromatic heterocycles. The third-order valence-corrected chi connectivity index (χ3v) is 2.73. The van der Waals surface area contributed by atoms with E-state index in [1.807, 2.05) is 6.20 Å². The highest BCUT2D eigenvalue weighted by molar-refractivity contribution is 5.21. The summed E-state index contributed by atoms with van der Waals surface area (Å²) in [5, 5.41) is 7.67. The van der Waals surface area contributed by atoms with Crippen molar-refractivity contribution in [3.63, 3.8) is 0 Å². The van der Waals surface area contributed by atoms with Gasteiger partial charge in [-0.15, -0.1) is 0 Å². The lowest BCUT2D eigenvalue weighted by atomic mass is 10.0. The summed E-state index contributed by atoms with van der Waals surface area (Å²) >= 11 is 0. The molecule has 2 atom stereocenters. The fraction of sp³-hybridized carbons (Fsp3) is 0.600. The summed E-state index contributed by atoms with van der Waals surface area (Å²) < 4.78 is 0. The quantitative estimate of drug-likeness (QED) is 0.666. The monoisotopic (exact) mass is 162 g/mol. The molecule has 0 bridgehead atoms. The molecule has 2 rings (SSSR count). The first-order valence-electron chi connectivity index (χ1n) is 4.55. The van der Waals surface area contributed by atoms with Crippen LogP contribution >= 0.6 is 0 Å². The lowest BCUT2D eigenvalue weighted by Crippen LogP contribution is -1.93. The van der Waals surface area contributed by atoms with Crippen LogP contribution in [0, 0.1) is 11.8 Å². The number of rotatable bonds is 2. The highest BCUT2D eigenvalue weighted by Gasteiger charge is 2.40. The van der Waals surface area contributed by atoms with Gasteiger partial charge in [0.2, 0.25) is 0 Å². The van der Waals surface area contributed by atoms with Crippen molar-refractivity contribution >= 4 is 0 Å². The lowest BCUT2D eigenvalue weighted by molar-refractivity contribution is 0.548. The SMILES string of the molecule is CC(C)[C@H]1C[C@@H]1c1ccnnc1. The Labute approximate surface area is 73.0 Å². The van der Waals surface area contributed by atoms with Crippen molar-refractivity contribution in [2.45, 2.75) is 26.2 Å². The van der Waals surface area contributed by atoms with Gasteiger partial charge < -0.3 is 0 Å². The second kappa shape index (κ2) is 2.85. The fourth-order valence-corrected chi connectivity index (χ4v) is 1.85. The van der Waals surface area contributed by atoms with Gasteiger partial charge in [-0.25, -0.2) is 0 Å². The van der Waals surface area contributed by atoms with E-state index < -0.39 is 0 Å². The summed E-state index contributed by atoms with van der Waals surface area (Å²) in [6.45, 7) is 4.58. The molecule has 0 spiro atoms. The molecule has 1 fully saturated rings. The standard InChI is InChI=1S/C10H14N2/c1-7(2)9-5-10(9)8-3-4-11-12-6-8/h3-4,6-7,9-10H,5H2,1-2H3/t9-,10-/m1/s1. The highest BCUT2D eigenvalue weighted by Crippen LogP contribution is 2.51. The minimum atomic E-state index is 0.764. The van der Waals surface area contributed by atoms with Crippen LogP contribution in [0.4, 0.5) is 0 Å². The van der Waals surface area contributed by atoms with E-state index in [9.17, 15) is 0 Å². The molecule has 1 aromatic rings. The normalized spacial score (nSPS) is 27.6. The van der Waals surface area contributed by atoms with Crippen molar-refractivity contribution in [1.82, 2.24) is 10.2 Å². The van der Waals surface area contributed by atoms with Crippen LogP contribution in [-0.2, 0) is 0 Å². The smallest absolute Gasteiger partial charge is 0.0531 e. The molecule has 0 unspecified atom stereocenters. The molecule has 0 aromatic carbocycles. The zero-order valence-corrected chi connectivity index (χ0v) is 7.57. The van der Waals surface area contributed by atoms with Gasteiger partial charge in [-0.1, -0.05) is 13.8 Å². The van der Waals surface area contributed by atoms with Crippen LogP contribution < -0.4 is 0 Å². The van der Waals surface area contributed by atoms with E-state index >= 15 is 0 Å². The molecule has 1 heterocycles. The van der Waals surface area contributed by atoms with Crippen LogP contribution in [0.1, 0.15) is 31.7 Å². The minimum absolute atomic E-state index is 0.764. The van der Waals surface area contributed by atoms with Gasteiger partial charge in [0.05, 0.1) is 6.20 Å². The Morgan fingerprint density at radius 2 is 2.25 bits per heavy atom. The topological polar surface area (TPSA) is 25.8 Å². The first-order chi connectivity index (χ1) is 5.79. The van der Waals surface area contributed by atoms with E-state index in [1.165, 1.54) is 12.0 Å². The molecule has 64 valence electrons. The van der Waals surface area contributed by atoms with Crippen molar-refractivity contribution in [3.8, 4) is 0 Å². The third-order valence-electron chi connectivity index (χ3n) is 2.73.